The number of nitrogens with one attached hydrogen (secondary N) is 1. The molecule has 0 aliphatic carbocycles. The minimum absolute atomic E-state index is 0.0825. The van der Waals surface area contributed by atoms with E-state index in [1.807, 2.05) is 0 Å². The molecule has 0 saturated heterocycles. The first-order chi connectivity index (χ1) is 14.1. The Morgan fingerprint density at radius 1 is 1.20 bits per heavy atom. The summed E-state index contributed by atoms with van der Waals surface area (Å²) in [5.74, 6) is -1.72. The molecule has 1 aromatic carbocycles. The third-order valence-corrected chi connectivity index (χ3v) is 4.69. The fraction of sp³-hybridized carbons (Fsp3) is 0.368. The van der Waals surface area contributed by atoms with E-state index in [4.69, 9.17) is 13.9 Å². The van der Waals surface area contributed by atoms with Gasteiger partial charge in [-0.25, -0.2) is 14.4 Å². The molecule has 0 spiro atoms. The summed E-state index contributed by atoms with van der Waals surface area (Å²) in [6, 6.07) is 7.18. The summed E-state index contributed by atoms with van der Waals surface area (Å²) in [7, 11) is 0. The number of amides is 1. The van der Waals surface area contributed by atoms with Crippen molar-refractivity contribution in [3.05, 3.63) is 52.5 Å². The van der Waals surface area contributed by atoms with Crippen LogP contribution in [-0.2, 0) is 20.9 Å². The van der Waals surface area contributed by atoms with Gasteiger partial charge in [-0.05, 0) is 44.7 Å². The van der Waals surface area contributed by atoms with Crippen LogP contribution in [0.1, 0.15) is 25.4 Å². The number of hydrogen-bond acceptors (Lipinski definition) is 10. The number of aryl methyl sites for hydroxylation is 1. The van der Waals surface area contributed by atoms with Gasteiger partial charge >= 0.3 is 17.1 Å². The van der Waals surface area contributed by atoms with E-state index in [1.165, 1.54) is 6.92 Å². The normalized spacial score (nSPS) is 12.1. The van der Waals surface area contributed by atoms with Crippen LogP contribution in [0.2, 0.25) is 0 Å². The number of para-hydroxylation sites is 1. The summed E-state index contributed by atoms with van der Waals surface area (Å²) in [5, 5.41) is 1.78. The van der Waals surface area contributed by atoms with Gasteiger partial charge in [0.15, 0.2) is 18.1 Å². The van der Waals surface area contributed by atoms with E-state index >= 15 is 0 Å². The van der Waals surface area contributed by atoms with Crippen LogP contribution in [0, 0.1) is 6.92 Å². The molecule has 2 aromatic rings. The molecule has 0 saturated carbocycles. The average Bonchev–Trinajstić information content (AvgIpc) is 3.00. The number of rotatable bonds is 8. The van der Waals surface area contributed by atoms with Gasteiger partial charge in [0.05, 0.1) is 4.75 Å². The second-order valence-electron chi connectivity index (χ2n) is 6.60. The minimum atomic E-state index is -1.13. The Morgan fingerprint density at radius 3 is 2.43 bits per heavy atom. The molecule has 0 radical (unpaired) electrons. The van der Waals surface area contributed by atoms with Crippen molar-refractivity contribution in [1.82, 2.24) is 5.32 Å². The van der Waals surface area contributed by atoms with E-state index < -0.39 is 33.8 Å². The molecule has 9 nitrogen and oxygen atoms in total. The van der Waals surface area contributed by atoms with Crippen molar-refractivity contribution in [2.75, 3.05) is 5.75 Å². The number of ether oxygens (including phenoxy) is 2. The van der Waals surface area contributed by atoms with Crippen LogP contribution in [0.3, 0.4) is 0 Å². The van der Waals surface area contributed by atoms with Crippen molar-refractivity contribution in [3.63, 3.8) is 0 Å². The lowest BCUT2D eigenvalue weighted by atomic mass is 10.2. The number of thiol groups is 1. The van der Waals surface area contributed by atoms with Crippen LogP contribution in [0.4, 0.5) is 4.79 Å². The molecule has 30 heavy (non-hydrogen) atoms. The van der Waals surface area contributed by atoms with Crippen molar-refractivity contribution in [2.24, 2.45) is 0 Å². The first-order valence-electron chi connectivity index (χ1n) is 8.75. The van der Waals surface area contributed by atoms with Gasteiger partial charge in [0, 0.05) is 5.75 Å². The molecular formula is C19H21NO8S2. The molecule has 1 aromatic heterocycles. The second-order valence-corrected chi connectivity index (χ2v) is 8.68. The van der Waals surface area contributed by atoms with E-state index in [1.54, 1.807) is 44.2 Å². The zero-order valence-corrected chi connectivity index (χ0v) is 18.2. The predicted molar refractivity (Wildman–Crippen MR) is 112 cm³/mol. The quantitative estimate of drug-likeness (QED) is 0.351. The Hall–Kier alpha value is -2.66. The predicted octanol–water partition coefficient (Wildman–Crippen LogP) is 2.71. The lowest BCUT2D eigenvalue weighted by molar-refractivity contribution is -0.138. The first-order valence-corrected chi connectivity index (χ1v) is 10.2. The number of hydrogen-bond donors (Lipinski definition) is 2. The van der Waals surface area contributed by atoms with Gasteiger partial charge in [-0.2, -0.15) is 12.6 Å². The van der Waals surface area contributed by atoms with Gasteiger partial charge in [-0.3, -0.25) is 4.79 Å². The Labute approximate surface area is 181 Å². The molecular weight excluding hydrogens is 434 g/mol. The lowest BCUT2D eigenvalue weighted by Crippen LogP contribution is -2.50. The molecule has 1 atom stereocenters. The topological polar surface area (TPSA) is 125 Å². The molecule has 1 N–H and O–H groups in total. The maximum absolute atomic E-state index is 12.5. The molecule has 162 valence electrons. The summed E-state index contributed by atoms with van der Waals surface area (Å²) in [6.45, 7) is 4.31. The third kappa shape index (κ3) is 7.30. The fourth-order valence-corrected chi connectivity index (χ4v) is 2.73. The highest BCUT2D eigenvalue weighted by Gasteiger charge is 2.30. The van der Waals surface area contributed by atoms with Gasteiger partial charge in [-0.15, -0.1) is 0 Å². The van der Waals surface area contributed by atoms with Crippen LogP contribution < -0.4 is 15.9 Å². The first kappa shape index (κ1) is 23.6. The SMILES string of the molecule is Cc1oc(=O)oc1COC(=O)SC[C@H](NC(=O)C(C)(C)S)C(=O)Oc1ccccc1. The molecule has 1 heterocycles. The third-order valence-electron chi connectivity index (χ3n) is 3.63. The lowest BCUT2D eigenvalue weighted by Gasteiger charge is -2.22. The number of esters is 1. The largest absolute Gasteiger partial charge is 0.519 e. The smallest absolute Gasteiger partial charge is 0.449 e. The van der Waals surface area contributed by atoms with Crippen molar-refractivity contribution in [1.29, 1.82) is 0 Å². The van der Waals surface area contributed by atoms with Crippen LogP contribution in [0.25, 0.3) is 0 Å². The maximum atomic E-state index is 12.5. The average molecular weight is 456 g/mol. The van der Waals surface area contributed by atoms with Gasteiger partial charge in [0.25, 0.3) is 0 Å². The van der Waals surface area contributed by atoms with Crippen LogP contribution in [0.5, 0.6) is 5.75 Å². The molecule has 0 fully saturated rings. The molecule has 0 aliphatic rings. The van der Waals surface area contributed by atoms with Crippen molar-refractivity contribution in [3.8, 4) is 5.75 Å². The van der Waals surface area contributed by atoms with Gasteiger partial charge in [0.1, 0.15) is 11.8 Å². The maximum Gasteiger partial charge on any atom is 0.519 e. The van der Waals surface area contributed by atoms with Crippen LogP contribution in [-0.4, -0.2) is 33.7 Å². The molecule has 0 bridgehead atoms. The van der Waals surface area contributed by atoms with Crippen LogP contribution >= 0.6 is 24.4 Å². The monoisotopic (exact) mass is 455 g/mol. The highest BCUT2D eigenvalue weighted by molar-refractivity contribution is 8.13. The Bertz CT molecular complexity index is 945. The standard InChI is InChI=1S/C19H21NO8S2/c1-11-14(28-17(23)26-11)9-25-18(24)30-10-13(20-16(22)19(2,3)29)15(21)27-12-7-5-4-6-8-12/h4-8,13,29H,9-10H2,1-3H3,(H,20,22)/t13-/m0/s1. The van der Waals surface area contributed by atoms with Gasteiger partial charge < -0.3 is 23.6 Å². The highest BCUT2D eigenvalue weighted by Crippen LogP contribution is 2.17. The van der Waals surface area contributed by atoms with E-state index in [9.17, 15) is 19.2 Å². The second kappa shape index (κ2) is 10.4. The minimum Gasteiger partial charge on any atom is -0.449 e. The fourth-order valence-electron chi connectivity index (χ4n) is 2.00. The van der Waals surface area contributed by atoms with Crippen molar-refractivity contribution >= 4 is 41.6 Å². The van der Waals surface area contributed by atoms with Crippen molar-refractivity contribution in [2.45, 2.75) is 38.2 Å². The molecule has 1 amide bonds. The highest BCUT2D eigenvalue weighted by atomic mass is 32.2. The Balaban J connectivity index is 1.98. The summed E-state index contributed by atoms with van der Waals surface area (Å²) in [5.41, 5.74) is 0. The van der Waals surface area contributed by atoms with Crippen LogP contribution in [0.15, 0.2) is 44.0 Å². The van der Waals surface area contributed by atoms with E-state index in [0.29, 0.717) is 17.5 Å². The number of thioether (sulfide) groups is 1. The number of benzene rings is 1. The number of carbonyl (C=O) groups excluding carboxylic acids is 3. The van der Waals surface area contributed by atoms with Gasteiger partial charge in [0.2, 0.25) is 5.91 Å². The van der Waals surface area contributed by atoms with Gasteiger partial charge in [-0.1, -0.05) is 18.2 Å². The van der Waals surface area contributed by atoms with E-state index in [-0.39, 0.29) is 23.9 Å². The van der Waals surface area contributed by atoms with E-state index in [0.717, 1.165) is 0 Å². The van der Waals surface area contributed by atoms with E-state index in [2.05, 4.69) is 22.4 Å². The summed E-state index contributed by atoms with van der Waals surface area (Å²) in [4.78, 5) is 47.8. The zero-order chi connectivity index (χ0) is 22.3. The molecule has 0 aliphatic heterocycles. The number of carbonyl (C=O) groups is 3. The zero-order valence-electron chi connectivity index (χ0n) is 16.5. The molecule has 11 heteroatoms. The summed E-state index contributed by atoms with van der Waals surface area (Å²) >= 11 is 4.83. The Morgan fingerprint density at radius 2 is 1.87 bits per heavy atom. The Kier molecular flexibility index (Phi) is 8.18. The molecule has 2 rings (SSSR count). The molecule has 0 unspecified atom stereocenters. The summed E-state index contributed by atoms with van der Waals surface area (Å²) in [6.07, 6.45) is 0. The van der Waals surface area contributed by atoms with Crippen molar-refractivity contribution < 1.29 is 32.7 Å². The summed E-state index contributed by atoms with van der Waals surface area (Å²) < 4.78 is 18.6.